The van der Waals surface area contributed by atoms with Gasteiger partial charge in [-0.25, -0.2) is 4.39 Å². The zero-order chi connectivity index (χ0) is 12.5. The van der Waals surface area contributed by atoms with Crippen LogP contribution in [0.5, 0.6) is 0 Å². The maximum Gasteiger partial charge on any atom is 0.309 e. The molecule has 1 aliphatic carbocycles. The molecule has 1 fully saturated rings. The first-order valence-corrected chi connectivity index (χ1v) is 6.75. The van der Waals surface area contributed by atoms with E-state index < -0.39 is 0 Å². The molecule has 0 aliphatic heterocycles. The Morgan fingerprint density at radius 1 is 1.65 bits per heavy atom. The summed E-state index contributed by atoms with van der Waals surface area (Å²) in [7, 11) is 0. The molecule has 0 heterocycles. The summed E-state index contributed by atoms with van der Waals surface area (Å²) in [5.74, 6) is -0.600. The molecule has 0 saturated heterocycles. The van der Waals surface area contributed by atoms with Gasteiger partial charge in [-0.2, -0.15) is 0 Å². The zero-order valence-corrected chi connectivity index (χ0v) is 11.2. The molecule has 0 radical (unpaired) electrons. The van der Waals surface area contributed by atoms with Gasteiger partial charge in [0.25, 0.3) is 0 Å². The van der Waals surface area contributed by atoms with Crippen LogP contribution < -0.4 is 0 Å². The molecule has 2 rings (SSSR count). The lowest BCUT2D eigenvalue weighted by Crippen LogP contribution is -2.19. The van der Waals surface area contributed by atoms with E-state index in [-0.39, 0.29) is 23.1 Å². The van der Waals surface area contributed by atoms with Gasteiger partial charge in [0.2, 0.25) is 0 Å². The summed E-state index contributed by atoms with van der Waals surface area (Å²) in [5.41, 5.74) is 0.585. The Kier molecular flexibility index (Phi) is 3.52. The van der Waals surface area contributed by atoms with E-state index in [1.165, 1.54) is 12.1 Å². The van der Waals surface area contributed by atoms with E-state index in [0.717, 1.165) is 12.0 Å². The van der Waals surface area contributed by atoms with Gasteiger partial charge >= 0.3 is 5.97 Å². The van der Waals surface area contributed by atoms with Crippen molar-refractivity contribution in [1.29, 1.82) is 0 Å². The van der Waals surface area contributed by atoms with Crippen LogP contribution in [0.25, 0.3) is 0 Å². The van der Waals surface area contributed by atoms with Crippen LogP contribution in [-0.4, -0.2) is 17.9 Å². The first-order chi connectivity index (χ1) is 8.14. The Morgan fingerprint density at radius 2 is 2.41 bits per heavy atom. The quantitative estimate of drug-likeness (QED) is 0.631. The van der Waals surface area contributed by atoms with Gasteiger partial charge in [-0.3, -0.25) is 4.79 Å². The Labute approximate surface area is 108 Å². The van der Waals surface area contributed by atoms with Crippen LogP contribution in [0.2, 0.25) is 0 Å². The minimum Gasteiger partial charge on any atom is -0.466 e. The number of hydrogen-bond donors (Lipinski definition) is 0. The predicted octanol–water partition coefficient (Wildman–Crippen LogP) is 3.04. The maximum atomic E-state index is 13.2. The number of esters is 1. The molecular formula is C13H14BrFO2. The van der Waals surface area contributed by atoms with Crippen molar-refractivity contribution in [3.05, 3.63) is 35.6 Å². The van der Waals surface area contributed by atoms with Gasteiger partial charge in [0, 0.05) is 10.7 Å². The van der Waals surface area contributed by atoms with E-state index in [2.05, 4.69) is 15.9 Å². The molecule has 2 atom stereocenters. The second-order valence-corrected chi connectivity index (χ2v) is 4.87. The monoisotopic (exact) mass is 300 g/mol. The minimum absolute atomic E-state index is 0.149. The summed E-state index contributed by atoms with van der Waals surface area (Å²) in [4.78, 5) is 11.7. The summed E-state index contributed by atoms with van der Waals surface area (Å²) < 4.78 is 18.2. The SMILES string of the molecule is CCOC(=O)[C@@H]1C[C@@]1(CBr)c1cccc(F)c1. The second kappa shape index (κ2) is 4.77. The van der Waals surface area contributed by atoms with E-state index in [9.17, 15) is 9.18 Å². The highest BCUT2D eigenvalue weighted by molar-refractivity contribution is 9.09. The van der Waals surface area contributed by atoms with Crippen LogP contribution in [-0.2, 0) is 14.9 Å². The third kappa shape index (κ3) is 2.23. The van der Waals surface area contributed by atoms with Gasteiger partial charge in [-0.15, -0.1) is 0 Å². The fourth-order valence-electron chi connectivity index (χ4n) is 2.20. The average molecular weight is 301 g/mol. The van der Waals surface area contributed by atoms with Gasteiger partial charge < -0.3 is 4.74 Å². The number of halogens is 2. The molecule has 1 saturated carbocycles. The lowest BCUT2D eigenvalue weighted by molar-refractivity contribution is -0.145. The molecule has 0 aromatic heterocycles. The molecule has 1 aromatic rings. The van der Waals surface area contributed by atoms with Crippen molar-refractivity contribution in [3.63, 3.8) is 0 Å². The first kappa shape index (κ1) is 12.6. The molecule has 0 spiro atoms. The molecular weight excluding hydrogens is 287 g/mol. The van der Waals surface area contributed by atoms with Crippen molar-refractivity contribution in [2.75, 3.05) is 11.9 Å². The Hall–Kier alpha value is -0.900. The number of carbonyl (C=O) groups excluding carboxylic acids is 1. The summed E-state index contributed by atoms with van der Waals surface area (Å²) in [6.45, 7) is 2.18. The number of rotatable bonds is 4. The van der Waals surface area contributed by atoms with E-state index in [0.29, 0.717) is 11.9 Å². The number of benzene rings is 1. The van der Waals surface area contributed by atoms with Gasteiger partial charge in [-0.1, -0.05) is 28.1 Å². The van der Waals surface area contributed by atoms with Crippen molar-refractivity contribution in [2.24, 2.45) is 5.92 Å². The van der Waals surface area contributed by atoms with Crippen LogP contribution in [0, 0.1) is 11.7 Å². The molecule has 4 heteroatoms. The summed E-state index contributed by atoms with van der Waals surface area (Å²) in [6, 6.07) is 6.45. The summed E-state index contributed by atoms with van der Waals surface area (Å²) in [6.07, 6.45) is 0.723. The van der Waals surface area contributed by atoms with Gasteiger partial charge in [-0.05, 0) is 31.0 Å². The van der Waals surface area contributed by atoms with Crippen LogP contribution in [0.4, 0.5) is 4.39 Å². The van der Waals surface area contributed by atoms with Gasteiger partial charge in [0.1, 0.15) is 5.82 Å². The largest absolute Gasteiger partial charge is 0.466 e. The van der Waals surface area contributed by atoms with E-state index in [1.54, 1.807) is 13.0 Å². The zero-order valence-electron chi connectivity index (χ0n) is 9.58. The van der Waals surface area contributed by atoms with Crippen LogP contribution in [0.1, 0.15) is 18.9 Å². The number of alkyl halides is 1. The van der Waals surface area contributed by atoms with Crippen molar-refractivity contribution >= 4 is 21.9 Å². The van der Waals surface area contributed by atoms with Crippen LogP contribution >= 0.6 is 15.9 Å². The average Bonchev–Trinajstić information content (AvgIpc) is 3.05. The van der Waals surface area contributed by atoms with Gasteiger partial charge in [0.05, 0.1) is 12.5 Å². The van der Waals surface area contributed by atoms with Crippen molar-refractivity contribution in [3.8, 4) is 0 Å². The topological polar surface area (TPSA) is 26.3 Å². The molecule has 1 aliphatic rings. The Balaban J connectivity index is 2.21. The molecule has 1 aromatic carbocycles. The van der Waals surface area contributed by atoms with Crippen LogP contribution in [0.15, 0.2) is 24.3 Å². The number of hydrogen-bond acceptors (Lipinski definition) is 2. The van der Waals surface area contributed by atoms with Crippen LogP contribution in [0.3, 0.4) is 0 Å². The molecule has 17 heavy (non-hydrogen) atoms. The molecule has 92 valence electrons. The lowest BCUT2D eigenvalue weighted by atomic mass is 9.95. The van der Waals surface area contributed by atoms with Crippen molar-refractivity contribution in [1.82, 2.24) is 0 Å². The molecule has 0 amide bonds. The first-order valence-electron chi connectivity index (χ1n) is 5.62. The van der Waals surface area contributed by atoms with Gasteiger partial charge in [0.15, 0.2) is 0 Å². The molecule has 0 unspecified atom stereocenters. The normalized spacial score (nSPS) is 26.6. The standard InChI is InChI=1S/C13H14BrFO2/c1-2-17-12(16)11-7-13(11,8-14)9-4-3-5-10(15)6-9/h3-6,11H,2,7-8H2,1H3/t11-,13+/m0/s1. The maximum absolute atomic E-state index is 13.2. The minimum atomic E-state index is -0.283. The lowest BCUT2D eigenvalue weighted by Gasteiger charge is -2.14. The smallest absolute Gasteiger partial charge is 0.309 e. The fourth-order valence-corrected chi connectivity index (χ4v) is 3.14. The van der Waals surface area contributed by atoms with E-state index >= 15 is 0 Å². The predicted molar refractivity (Wildman–Crippen MR) is 66.6 cm³/mol. The fraction of sp³-hybridized carbons (Fsp3) is 0.462. The Bertz CT molecular complexity index is 435. The van der Waals surface area contributed by atoms with Crippen molar-refractivity contribution in [2.45, 2.75) is 18.8 Å². The number of ether oxygens (including phenoxy) is 1. The molecule has 0 bridgehead atoms. The molecule has 2 nitrogen and oxygen atoms in total. The van der Waals surface area contributed by atoms with Crippen molar-refractivity contribution < 1.29 is 13.9 Å². The summed E-state index contributed by atoms with van der Waals surface area (Å²) in [5, 5.41) is 0.646. The van der Waals surface area contributed by atoms with E-state index in [4.69, 9.17) is 4.74 Å². The number of carbonyl (C=O) groups is 1. The highest BCUT2D eigenvalue weighted by Gasteiger charge is 2.59. The van der Waals surface area contributed by atoms with E-state index in [1.807, 2.05) is 6.07 Å². The third-order valence-corrected chi connectivity index (χ3v) is 4.28. The highest BCUT2D eigenvalue weighted by Crippen LogP contribution is 2.56. The second-order valence-electron chi connectivity index (χ2n) is 4.31. The Morgan fingerprint density at radius 3 is 3.00 bits per heavy atom. The summed E-state index contributed by atoms with van der Waals surface area (Å²) >= 11 is 3.42. The third-order valence-electron chi connectivity index (χ3n) is 3.28. The molecule has 0 N–H and O–H groups in total. The highest BCUT2D eigenvalue weighted by atomic mass is 79.9.